The summed E-state index contributed by atoms with van der Waals surface area (Å²) in [6.07, 6.45) is 7.75. The number of aromatic amines is 1. The van der Waals surface area contributed by atoms with Gasteiger partial charge in [-0.05, 0) is 61.6 Å². The molecule has 0 amide bonds. The van der Waals surface area contributed by atoms with Crippen molar-refractivity contribution < 1.29 is 13.2 Å². The molecule has 0 bridgehead atoms. The summed E-state index contributed by atoms with van der Waals surface area (Å²) in [7, 11) is -1.65. The molecule has 2 heterocycles. The van der Waals surface area contributed by atoms with E-state index in [1.54, 1.807) is 32.2 Å². The summed E-state index contributed by atoms with van der Waals surface area (Å²) in [5.74, 6) is 2.42. The van der Waals surface area contributed by atoms with Crippen molar-refractivity contribution in [3.63, 3.8) is 0 Å². The van der Waals surface area contributed by atoms with Crippen LogP contribution in [0.2, 0.25) is 0 Å². The number of fused-ring (bicyclic) bond motifs is 1. The minimum atomic E-state index is -3.26. The number of piperidine rings is 1. The minimum absolute atomic E-state index is 0.0879. The zero-order valence-corrected chi connectivity index (χ0v) is 18.2. The predicted molar refractivity (Wildman–Crippen MR) is 116 cm³/mol. The number of ether oxygens (including phenoxy) is 1. The molecule has 3 unspecified atom stereocenters. The van der Waals surface area contributed by atoms with E-state index in [0.717, 1.165) is 36.1 Å². The average Bonchev–Trinajstić information content (AvgIpc) is 3.22. The largest absolute Gasteiger partial charge is 0.496 e. The van der Waals surface area contributed by atoms with E-state index in [1.807, 2.05) is 6.07 Å². The van der Waals surface area contributed by atoms with Crippen LogP contribution in [0.5, 0.6) is 5.75 Å². The zero-order valence-electron chi connectivity index (χ0n) is 17.4. The lowest BCUT2D eigenvalue weighted by molar-refractivity contribution is 0.133. The van der Waals surface area contributed by atoms with Crippen LogP contribution in [0.3, 0.4) is 0 Å². The van der Waals surface area contributed by atoms with Crippen molar-refractivity contribution in [1.82, 2.24) is 10.3 Å². The van der Waals surface area contributed by atoms with Gasteiger partial charge in [-0.15, -0.1) is 0 Å². The predicted octanol–water partition coefficient (Wildman–Crippen LogP) is 4.19. The maximum atomic E-state index is 12.3. The molecule has 4 rings (SSSR count). The van der Waals surface area contributed by atoms with E-state index in [9.17, 15) is 8.42 Å². The Morgan fingerprint density at radius 3 is 2.72 bits per heavy atom. The van der Waals surface area contributed by atoms with Gasteiger partial charge in [-0.1, -0.05) is 26.2 Å². The number of sulfone groups is 1. The molecular weight excluding hydrogens is 384 g/mol. The molecule has 2 N–H and O–H groups in total. The molecule has 1 aliphatic carbocycles. The van der Waals surface area contributed by atoms with Gasteiger partial charge in [-0.2, -0.15) is 0 Å². The van der Waals surface area contributed by atoms with E-state index >= 15 is 0 Å². The molecule has 2 fully saturated rings. The first kappa shape index (κ1) is 20.5. The standard InChI is InChI=1S/C23H32N2O3S/c1-3-29(26,27)18-9-11-23(28-2)20(15-18)21-10-8-17(25-21)14-22-19-7-5-4-6-16(19)12-13-24-22/h8-11,15-16,19,22,24-25H,3-7,12-14H2,1-2H3. The van der Waals surface area contributed by atoms with Gasteiger partial charge in [0.05, 0.1) is 17.8 Å². The van der Waals surface area contributed by atoms with Crippen molar-refractivity contribution >= 4 is 9.84 Å². The maximum Gasteiger partial charge on any atom is 0.178 e. The number of benzene rings is 1. The van der Waals surface area contributed by atoms with Crippen LogP contribution in [-0.4, -0.2) is 38.9 Å². The smallest absolute Gasteiger partial charge is 0.178 e. The summed E-state index contributed by atoms with van der Waals surface area (Å²) >= 11 is 0. The fourth-order valence-corrected chi connectivity index (χ4v) is 6.07. The second kappa shape index (κ2) is 8.52. The highest BCUT2D eigenvalue weighted by Crippen LogP contribution is 2.38. The number of hydrogen-bond acceptors (Lipinski definition) is 4. The molecule has 3 atom stereocenters. The van der Waals surface area contributed by atoms with Crippen LogP contribution in [0.1, 0.15) is 44.7 Å². The third-order valence-corrected chi connectivity index (χ3v) is 8.53. The SMILES string of the molecule is CCS(=O)(=O)c1ccc(OC)c(-c2ccc(CC3NCCC4CCCCC43)[nH]2)c1. The monoisotopic (exact) mass is 416 g/mol. The Labute approximate surface area is 174 Å². The highest BCUT2D eigenvalue weighted by molar-refractivity contribution is 7.91. The van der Waals surface area contributed by atoms with Crippen molar-refractivity contribution in [2.75, 3.05) is 19.4 Å². The van der Waals surface area contributed by atoms with E-state index in [0.29, 0.717) is 16.7 Å². The first-order valence-electron chi connectivity index (χ1n) is 10.8. The fraction of sp³-hybridized carbons (Fsp3) is 0.565. The van der Waals surface area contributed by atoms with Crippen LogP contribution < -0.4 is 10.1 Å². The molecule has 2 aliphatic rings. The topological polar surface area (TPSA) is 71.2 Å². The first-order valence-corrected chi connectivity index (χ1v) is 12.5. The molecule has 1 aliphatic heterocycles. The lowest BCUT2D eigenvalue weighted by atomic mass is 9.71. The molecule has 6 heteroatoms. The Kier molecular flexibility index (Phi) is 6.02. The first-order chi connectivity index (χ1) is 14.0. The van der Waals surface area contributed by atoms with Crippen LogP contribution in [0.15, 0.2) is 35.2 Å². The van der Waals surface area contributed by atoms with Crippen molar-refractivity contribution in [2.24, 2.45) is 11.8 Å². The average molecular weight is 417 g/mol. The maximum absolute atomic E-state index is 12.3. The Hall–Kier alpha value is -1.79. The number of hydrogen-bond donors (Lipinski definition) is 2. The molecule has 5 nitrogen and oxygen atoms in total. The van der Waals surface area contributed by atoms with Crippen LogP contribution in [-0.2, 0) is 16.3 Å². The summed E-state index contributed by atoms with van der Waals surface area (Å²) in [6, 6.07) is 9.78. The Morgan fingerprint density at radius 2 is 1.93 bits per heavy atom. The van der Waals surface area contributed by atoms with Gasteiger partial charge in [-0.25, -0.2) is 8.42 Å². The van der Waals surface area contributed by atoms with Gasteiger partial charge in [0, 0.05) is 29.4 Å². The molecule has 1 saturated heterocycles. The molecule has 2 aromatic rings. The van der Waals surface area contributed by atoms with Crippen molar-refractivity contribution in [3.05, 3.63) is 36.0 Å². The van der Waals surface area contributed by atoms with Crippen LogP contribution in [0, 0.1) is 11.8 Å². The van der Waals surface area contributed by atoms with E-state index < -0.39 is 9.84 Å². The van der Waals surface area contributed by atoms with Gasteiger partial charge >= 0.3 is 0 Å². The van der Waals surface area contributed by atoms with Crippen molar-refractivity contribution in [1.29, 1.82) is 0 Å². The third-order valence-electron chi connectivity index (χ3n) is 6.79. The minimum Gasteiger partial charge on any atom is -0.496 e. The Bertz CT molecular complexity index is 949. The summed E-state index contributed by atoms with van der Waals surface area (Å²) < 4.78 is 30.2. The summed E-state index contributed by atoms with van der Waals surface area (Å²) in [6.45, 7) is 2.78. The molecule has 1 aromatic carbocycles. The summed E-state index contributed by atoms with van der Waals surface area (Å²) in [4.78, 5) is 3.87. The van der Waals surface area contributed by atoms with Crippen LogP contribution >= 0.6 is 0 Å². The van der Waals surface area contributed by atoms with E-state index in [-0.39, 0.29) is 5.75 Å². The number of H-pyrrole nitrogens is 1. The highest BCUT2D eigenvalue weighted by Gasteiger charge is 2.34. The lowest BCUT2D eigenvalue weighted by Crippen LogP contribution is -2.48. The van der Waals surface area contributed by atoms with Crippen LogP contribution in [0.25, 0.3) is 11.3 Å². The lowest BCUT2D eigenvalue weighted by Gasteiger charge is -2.42. The molecule has 0 radical (unpaired) electrons. The van der Waals surface area contributed by atoms with Gasteiger partial charge in [0.15, 0.2) is 9.84 Å². The number of rotatable bonds is 6. The second-order valence-corrected chi connectivity index (χ2v) is 10.7. The quantitative estimate of drug-likeness (QED) is 0.741. The van der Waals surface area contributed by atoms with E-state index in [4.69, 9.17) is 4.74 Å². The highest BCUT2D eigenvalue weighted by atomic mass is 32.2. The summed E-state index contributed by atoms with van der Waals surface area (Å²) in [5, 5.41) is 3.75. The second-order valence-electron chi connectivity index (χ2n) is 8.42. The molecule has 29 heavy (non-hydrogen) atoms. The number of nitrogens with one attached hydrogen (secondary N) is 2. The van der Waals surface area contributed by atoms with Gasteiger partial charge in [0.25, 0.3) is 0 Å². The number of aromatic nitrogens is 1. The summed E-state index contributed by atoms with van der Waals surface area (Å²) in [5.41, 5.74) is 2.89. The van der Waals surface area contributed by atoms with Gasteiger partial charge in [0.2, 0.25) is 0 Å². The van der Waals surface area contributed by atoms with Crippen molar-refractivity contribution in [3.8, 4) is 17.0 Å². The van der Waals surface area contributed by atoms with Gasteiger partial charge in [0.1, 0.15) is 5.75 Å². The van der Waals surface area contributed by atoms with Gasteiger partial charge in [-0.3, -0.25) is 0 Å². The Balaban J connectivity index is 1.58. The van der Waals surface area contributed by atoms with E-state index in [2.05, 4.69) is 16.4 Å². The normalized spacial score (nSPS) is 24.8. The zero-order chi connectivity index (χ0) is 20.4. The number of methoxy groups -OCH3 is 1. The fourth-order valence-electron chi connectivity index (χ4n) is 5.16. The molecule has 0 spiro atoms. The van der Waals surface area contributed by atoms with E-state index in [1.165, 1.54) is 37.8 Å². The molecule has 1 saturated carbocycles. The Morgan fingerprint density at radius 1 is 1.10 bits per heavy atom. The third kappa shape index (κ3) is 4.24. The molecule has 1 aromatic heterocycles. The van der Waals surface area contributed by atoms with Gasteiger partial charge < -0.3 is 15.0 Å². The molecule has 158 valence electrons. The van der Waals surface area contributed by atoms with Crippen LogP contribution in [0.4, 0.5) is 0 Å². The molecular formula is C23H32N2O3S. The van der Waals surface area contributed by atoms with Crippen molar-refractivity contribution in [2.45, 2.75) is 56.4 Å².